The van der Waals surface area contributed by atoms with Crippen LogP contribution in [0.5, 0.6) is 0 Å². The van der Waals surface area contributed by atoms with Gasteiger partial charge in [-0.05, 0) is 38.8 Å². The number of nitrogens with zero attached hydrogens (tertiary/aromatic N) is 1. The van der Waals surface area contributed by atoms with Crippen LogP contribution in [-0.4, -0.2) is 43.4 Å². The molecule has 4 N–H and O–H groups in total. The number of carbonyl (C=O) groups excluding carboxylic acids is 2. The number of nitrogens with two attached hydrogens (primary N) is 1. The van der Waals surface area contributed by atoms with E-state index in [1.54, 1.807) is 7.05 Å². The fourth-order valence-corrected chi connectivity index (χ4v) is 2.55. The molecule has 0 aromatic carbocycles. The van der Waals surface area contributed by atoms with Crippen molar-refractivity contribution >= 4 is 11.8 Å². The molecule has 0 spiro atoms. The summed E-state index contributed by atoms with van der Waals surface area (Å²) in [4.78, 5) is 24.9. The Kier molecular flexibility index (Phi) is 7.43. The van der Waals surface area contributed by atoms with E-state index in [-0.39, 0.29) is 17.7 Å². The maximum atomic E-state index is 11.6. The molecular formula is C13H26N4O2. The molecule has 0 aromatic heterocycles. The Balaban J connectivity index is 2.12. The molecule has 1 fully saturated rings. The molecule has 0 radical (unpaired) electrons. The van der Waals surface area contributed by atoms with Crippen LogP contribution in [0.4, 0.5) is 0 Å². The van der Waals surface area contributed by atoms with Gasteiger partial charge in [0.2, 0.25) is 11.8 Å². The number of piperidine rings is 1. The SMILES string of the molecule is CNC(=O)C1CCCN(CCCCCC(=O)NN)C1. The standard InChI is InChI=1S/C13H26N4O2/c1-15-13(19)11-6-5-9-17(10-11)8-4-2-3-7-12(18)16-14/h11H,2-10,14H2,1H3,(H,15,19)(H,16,18). The highest BCUT2D eigenvalue weighted by Gasteiger charge is 2.24. The zero-order valence-corrected chi connectivity index (χ0v) is 11.8. The summed E-state index contributed by atoms with van der Waals surface area (Å²) < 4.78 is 0. The van der Waals surface area contributed by atoms with Crippen LogP contribution in [0.2, 0.25) is 0 Å². The number of hydrazine groups is 1. The van der Waals surface area contributed by atoms with Crippen LogP contribution in [0, 0.1) is 5.92 Å². The van der Waals surface area contributed by atoms with E-state index < -0.39 is 0 Å². The van der Waals surface area contributed by atoms with Crippen LogP contribution < -0.4 is 16.6 Å². The van der Waals surface area contributed by atoms with Crippen LogP contribution >= 0.6 is 0 Å². The van der Waals surface area contributed by atoms with E-state index in [1.807, 2.05) is 0 Å². The topological polar surface area (TPSA) is 87.5 Å². The second kappa shape index (κ2) is 8.87. The smallest absolute Gasteiger partial charge is 0.233 e. The molecule has 1 unspecified atom stereocenters. The normalized spacial score (nSPS) is 20.0. The van der Waals surface area contributed by atoms with Crippen LogP contribution in [0.3, 0.4) is 0 Å². The quantitative estimate of drug-likeness (QED) is 0.263. The lowest BCUT2D eigenvalue weighted by molar-refractivity contribution is -0.126. The molecule has 19 heavy (non-hydrogen) atoms. The molecule has 1 aliphatic heterocycles. The molecule has 1 heterocycles. The van der Waals surface area contributed by atoms with Crippen molar-refractivity contribution in [1.29, 1.82) is 0 Å². The minimum atomic E-state index is -0.0994. The number of likely N-dealkylation sites (tertiary alicyclic amines) is 1. The van der Waals surface area contributed by atoms with E-state index >= 15 is 0 Å². The van der Waals surface area contributed by atoms with Gasteiger partial charge in [-0.25, -0.2) is 5.84 Å². The molecule has 0 aromatic rings. The van der Waals surface area contributed by atoms with Crippen LogP contribution in [-0.2, 0) is 9.59 Å². The third kappa shape index (κ3) is 6.02. The Morgan fingerprint density at radius 1 is 1.32 bits per heavy atom. The van der Waals surface area contributed by atoms with Crippen molar-refractivity contribution < 1.29 is 9.59 Å². The minimum Gasteiger partial charge on any atom is -0.359 e. The lowest BCUT2D eigenvalue weighted by Crippen LogP contribution is -2.42. The lowest BCUT2D eigenvalue weighted by atomic mass is 9.97. The first kappa shape index (κ1) is 15.9. The summed E-state index contributed by atoms with van der Waals surface area (Å²) in [6.07, 6.45) is 5.54. The van der Waals surface area contributed by atoms with Gasteiger partial charge in [-0.15, -0.1) is 0 Å². The highest BCUT2D eigenvalue weighted by atomic mass is 16.2. The van der Waals surface area contributed by atoms with Crippen molar-refractivity contribution in [2.24, 2.45) is 11.8 Å². The first-order chi connectivity index (χ1) is 9.17. The number of rotatable bonds is 7. The third-order valence-corrected chi connectivity index (χ3v) is 3.66. The molecule has 0 saturated carbocycles. The van der Waals surface area contributed by atoms with Gasteiger partial charge in [0.05, 0.1) is 5.92 Å². The molecule has 1 aliphatic rings. The first-order valence-corrected chi connectivity index (χ1v) is 7.10. The van der Waals surface area contributed by atoms with Crippen molar-refractivity contribution in [3.63, 3.8) is 0 Å². The second-order valence-corrected chi connectivity index (χ2v) is 5.13. The zero-order chi connectivity index (χ0) is 14.1. The van der Waals surface area contributed by atoms with Crippen LogP contribution in [0.15, 0.2) is 0 Å². The lowest BCUT2D eigenvalue weighted by Gasteiger charge is -2.31. The molecular weight excluding hydrogens is 244 g/mol. The summed E-state index contributed by atoms with van der Waals surface area (Å²) in [7, 11) is 1.70. The Bertz CT molecular complexity index is 296. The molecule has 1 atom stereocenters. The molecule has 0 bridgehead atoms. The first-order valence-electron chi connectivity index (χ1n) is 7.10. The summed E-state index contributed by atoms with van der Waals surface area (Å²) in [5, 5.41) is 2.73. The van der Waals surface area contributed by atoms with Gasteiger partial charge in [-0.2, -0.15) is 0 Å². The molecule has 2 amide bonds. The van der Waals surface area contributed by atoms with Crippen molar-refractivity contribution in [2.75, 3.05) is 26.7 Å². The predicted molar refractivity (Wildman–Crippen MR) is 74.0 cm³/mol. The Morgan fingerprint density at radius 2 is 2.11 bits per heavy atom. The van der Waals surface area contributed by atoms with E-state index in [0.29, 0.717) is 6.42 Å². The molecule has 6 nitrogen and oxygen atoms in total. The van der Waals surface area contributed by atoms with Crippen LogP contribution in [0.1, 0.15) is 38.5 Å². The van der Waals surface area contributed by atoms with E-state index in [4.69, 9.17) is 5.84 Å². The fraction of sp³-hybridized carbons (Fsp3) is 0.846. The van der Waals surface area contributed by atoms with Gasteiger partial charge in [0, 0.05) is 20.0 Å². The van der Waals surface area contributed by atoms with Gasteiger partial charge in [0.15, 0.2) is 0 Å². The molecule has 0 aliphatic carbocycles. The summed E-state index contributed by atoms with van der Waals surface area (Å²) in [5.41, 5.74) is 2.14. The third-order valence-electron chi connectivity index (χ3n) is 3.66. The minimum absolute atomic E-state index is 0.0994. The highest BCUT2D eigenvalue weighted by molar-refractivity contribution is 5.78. The fourth-order valence-electron chi connectivity index (χ4n) is 2.55. The highest BCUT2D eigenvalue weighted by Crippen LogP contribution is 2.17. The maximum Gasteiger partial charge on any atom is 0.233 e. The number of nitrogens with one attached hydrogen (secondary N) is 2. The largest absolute Gasteiger partial charge is 0.359 e. The molecule has 1 saturated heterocycles. The summed E-state index contributed by atoms with van der Waals surface area (Å²) >= 11 is 0. The average molecular weight is 270 g/mol. The van der Waals surface area contributed by atoms with Gasteiger partial charge >= 0.3 is 0 Å². The second-order valence-electron chi connectivity index (χ2n) is 5.13. The van der Waals surface area contributed by atoms with Crippen molar-refractivity contribution in [1.82, 2.24) is 15.6 Å². The number of hydrogen-bond donors (Lipinski definition) is 3. The Morgan fingerprint density at radius 3 is 2.79 bits per heavy atom. The van der Waals surface area contributed by atoms with Gasteiger partial charge < -0.3 is 10.2 Å². The molecule has 1 rings (SSSR count). The van der Waals surface area contributed by atoms with Crippen molar-refractivity contribution in [3.8, 4) is 0 Å². The van der Waals surface area contributed by atoms with E-state index in [2.05, 4.69) is 15.6 Å². The number of carbonyl (C=O) groups is 2. The Labute approximate surface area is 115 Å². The summed E-state index contributed by atoms with van der Waals surface area (Å²) in [5.74, 6) is 5.21. The number of unbranched alkanes of at least 4 members (excludes halogenated alkanes) is 2. The maximum absolute atomic E-state index is 11.6. The summed E-state index contributed by atoms with van der Waals surface area (Å²) in [6, 6.07) is 0. The molecule has 110 valence electrons. The average Bonchev–Trinajstić information content (AvgIpc) is 2.46. The van der Waals surface area contributed by atoms with E-state index in [0.717, 1.165) is 51.7 Å². The molecule has 6 heteroatoms. The summed E-state index contributed by atoms with van der Waals surface area (Å²) in [6.45, 7) is 2.96. The van der Waals surface area contributed by atoms with Crippen molar-refractivity contribution in [2.45, 2.75) is 38.5 Å². The predicted octanol–water partition coefficient (Wildman–Crippen LogP) is -0.00530. The van der Waals surface area contributed by atoms with Crippen LogP contribution in [0.25, 0.3) is 0 Å². The number of amides is 2. The van der Waals surface area contributed by atoms with Gasteiger partial charge in [0.1, 0.15) is 0 Å². The Hall–Kier alpha value is -1.14. The van der Waals surface area contributed by atoms with Gasteiger partial charge in [-0.1, -0.05) is 6.42 Å². The number of hydrogen-bond acceptors (Lipinski definition) is 4. The van der Waals surface area contributed by atoms with Gasteiger partial charge in [0.25, 0.3) is 0 Å². The monoisotopic (exact) mass is 270 g/mol. The van der Waals surface area contributed by atoms with Gasteiger partial charge in [-0.3, -0.25) is 15.0 Å². The zero-order valence-electron chi connectivity index (χ0n) is 11.8. The van der Waals surface area contributed by atoms with E-state index in [9.17, 15) is 9.59 Å². The van der Waals surface area contributed by atoms with Crippen molar-refractivity contribution in [3.05, 3.63) is 0 Å². The van der Waals surface area contributed by atoms with E-state index in [1.165, 1.54) is 0 Å².